The third kappa shape index (κ3) is 3.27. The average molecular weight is 325 g/mol. The van der Waals surface area contributed by atoms with Crippen molar-refractivity contribution in [2.24, 2.45) is 11.3 Å². The number of hydrogen-bond acceptors (Lipinski definition) is 5. The third-order valence-corrected chi connectivity index (χ3v) is 5.45. The Bertz CT molecular complexity index is 586. The first kappa shape index (κ1) is 16.8. The van der Waals surface area contributed by atoms with E-state index in [2.05, 4.69) is 30.8 Å². The minimum atomic E-state index is -0.573. The molecule has 1 aliphatic carbocycles. The van der Waals surface area contributed by atoms with Gasteiger partial charge in [-0.1, -0.05) is 20.8 Å². The summed E-state index contributed by atoms with van der Waals surface area (Å²) in [6.45, 7) is 6.72. The zero-order chi connectivity index (χ0) is 16.5. The van der Waals surface area contributed by atoms with Gasteiger partial charge < -0.3 is 9.47 Å². The number of methoxy groups -OCH3 is 2. The molecule has 2 rings (SSSR count). The maximum atomic E-state index is 12.1. The van der Waals surface area contributed by atoms with Gasteiger partial charge in [0.15, 0.2) is 0 Å². The molecule has 1 aliphatic rings. The number of amides is 1. The number of carbonyl (C=O) groups is 2. The van der Waals surface area contributed by atoms with Gasteiger partial charge in [-0.3, -0.25) is 5.32 Å². The number of nitrogens with one attached hydrogen (secondary N) is 1. The summed E-state index contributed by atoms with van der Waals surface area (Å²) in [7, 11) is 2.66. The summed E-state index contributed by atoms with van der Waals surface area (Å²) in [5.74, 6) is 0.160. The van der Waals surface area contributed by atoms with E-state index in [1.807, 2.05) is 0 Å². The van der Waals surface area contributed by atoms with Crippen molar-refractivity contribution >= 4 is 28.4 Å². The fourth-order valence-electron chi connectivity index (χ4n) is 2.87. The number of ether oxygens (including phenoxy) is 2. The topological polar surface area (TPSA) is 64.6 Å². The fraction of sp³-hybridized carbons (Fsp3) is 0.625. The Balaban J connectivity index is 2.39. The number of hydrogen-bond donors (Lipinski definition) is 1. The molecule has 5 nitrogen and oxygen atoms in total. The third-order valence-electron chi connectivity index (χ3n) is 4.28. The molecule has 22 heavy (non-hydrogen) atoms. The number of thiophene rings is 1. The van der Waals surface area contributed by atoms with Crippen LogP contribution in [0.4, 0.5) is 9.80 Å². The molecule has 6 heteroatoms. The van der Waals surface area contributed by atoms with Crippen LogP contribution in [0.3, 0.4) is 0 Å². The Kier molecular flexibility index (Phi) is 4.80. The van der Waals surface area contributed by atoms with Crippen molar-refractivity contribution in [3.05, 3.63) is 16.0 Å². The summed E-state index contributed by atoms with van der Waals surface area (Å²) < 4.78 is 9.52. The first-order valence-corrected chi connectivity index (χ1v) is 8.17. The van der Waals surface area contributed by atoms with Gasteiger partial charge >= 0.3 is 12.1 Å². The van der Waals surface area contributed by atoms with E-state index in [1.165, 1.54) is 25.6 Å². The van der Waals surface area contributed by atoms with Crippen molar-refractivity contribution in [2.75, 3.05) is 19.5 Å². The number of rotatable bonds is 2. The molecule has 1 N–H and O–H groups in total. The molecule has 0 radical (unpaired) electrons. The Morgan fingerprint density at radius 2 is 1.91 bits per heavy atom. The van der Waals surface area contributed by atoms with E-state index in [-0.39, 0.29) is 5.41 Å². The summed E-state index contributed by atoms with van der Waals surface area (Å²) >= 11 is 1.46. The lowest BCUT2D eigenvalue weighted by Crippen LogP contribution is -2.26. The number of fused-ring (bicyclic) bond motifs is 1. The van der Waals surface area contributed by atoms with Crippen LogP contribution in [0.25, 0.3) is 0 Å². The van der Waals surface area contributed by atoms with Gasteiger partial charge in [-0.25, -0.2) is 9.59 Å². The van der Waals surface area contributed by atoms with Crippen LogP contribution in [0.2, 0.25) is 0 Å². The molecule has 0 bridgehead atoms. The quantitative estimate of drug-likeness (QED) is 0.839. The van der Waals surface area contributed by atoms with Crippen molar-refractivity contribution < 1.29 is 19.1 Å². The summed E-state index contributed by atoms with van der Waals surface area (Å²) in [4.78, 5) is 24.8. The lowest BCUT2D eigenvalue weighted by Gasteiger charge is -2.33. The largest absolute Gasteiger partial charge is 0.465 e. The van der Waals surface area contributed by atoms with Crippen molar-refractivity contribution in [1.82, 2.24) is 0 Å². The molecule has 122 valence electrons. The van der Waals surface area contributed by atoms with Crippen LogP contribution in [0.15, 0.2) is 0 Å². The first-order valence-electron chi connectivity index (χ1n) is 7.35. The molecule has 1 aromatic rings. The average Bonchev–Trinajstić information content (AvgIpc) is 2.82. The minimum absolute atomic E-state index is 0.225. The molecule has 1 heterocycles. The maximum Gasteiger partial charge on any atom is 0.411 e. The minimum Gasteiger partial charge on any atom is -0.465 e. The van der Waals surface area contributed by atoms with Crippen molar-refractivity contribution in [1.29, 1.82) is 0 Å². The highest BCUT2D eigenvalue weighted by Crippen LogP contribution is 2.44. The normalized spacial score (nSPS) is 17.6. The van der Waals surface area contributed by atoms with E-state index < -0.39 is 12.1 Å². The molecular formula is C16H23NO4S. The SMILES string of the molecule is COC(=O)Nc1sc2c(c1C(=O)OC)CC[C@H](C(C)(C)C)C2. The molecule has 0 saturated heterocycles. The van der Waals surface area contributed by atoms with Crippen molar-refractivity contribution in [3.63, 3.8) is 0 Å². The molecule has 0 spiro atoms. The zero-order valence-corrected chi connectivity index (χ0v) is 14.6. The van der Waals surface area contributed by atoms with E-state index in [0.29, 0.717) is 16.5 Å². The standard InChI is InChI=1S/C16H23NO4S/c1-16(2,3)9-6-7-10-11(8-9)22-13(17-15(19)21-5)12(10)14(18)20-4/h9H,6-8H2,1-5H3,(H,17,19)/t9-/m0/s1. The number of carbonyl (C=O) groups excluding carboxylic acids is 2. The molecule has 1 aromatic heterocycles. The Hall–Kier alpha value is -1.56. The Morgan fingerprint density at radius 1 is 1.23 bits per heavy atom. The molecule has 0 fully saturated rings. The predicted molar refractivity (Wildman–Crippen MR) is 86.7 cm³/mol. The van der Waals surface area contributed by atoms with Gasteiger partial charge in [0.25, 0.3) is 0 Å². The predicted octanol–water partition coefficient (Wildman–Crippen LogP) is 3.86. The highest BCUT2D eigenvalue weighted by atomic mass is 32.1. The zero-order valence-electron chi connectivity index (χ0n) is 13.7. The molecular weight excluding hydrogens is 302 g/mol. The summed E-state index contributed by atoms with van der Waals surface area (Å²) in [6.07, 6.45) is 2.22. The van der Waals surface area contributed by atoms with Crippen LogP contribution >= 0.6 is 11.3 Å². The van der Waals surface area contributed by atoms with E-state index in [0.717, 1.165) is 29.7 Å². The summed E-state index contributed by atoms with van der Waals surface area (Å²) in [6, 6.07) is 0. The van der Waals surface area contributed by atoms with Crippen LogP contribution in [0.5, 0.6) is 0 Å². The maximum absolute atomic E-state index is 12.1. The molecule has 0 aromatic carbocycles. The lowest BCUT2D eigenvalue weighted by atomic mass is 9.72. The highest BCUT2D eigenvalue weighted by Gasteiger charge is 2.34. The molecule has 1 atom stereocenters. The number of anilines is 1. The smallest absolute Gasteiger partial charge is 0.411 e. The van der Waals surface area contributed by atoms with Gasteiger partial charge in [-0.05, 0) is 36.2 Å². The summed E-state index contributed by atoms with van der Waals surface area (Å²) in [5.41, 5.74) is 1.73. The van der Waals surface area contributed by atoms with Crippen LogP contribution in [0, 0.1) is 11.3 Å². The van der Waals surface area contributed by atoms with Gasteiger partial charge in [0, 0.05) is 4.88 Å². The number of esters is 1. The fourth-order valence-corrected chi connectivity index (χ4v) is 4.18. The second kappa shape index (κ2) is 6.28. The monoisotopic (exact) mass is 325 g/mol. The lowest BCUT2D eigenvalue weighted by molar-refractivity contribution is 0.0600. The van der Waals surface area contributed by atoms with Crippen molar-refractivity contribution in [2.45, 2.75) is 40.0 Å². The van der Waals surface area contributed by atoms with E-state index >= 15 is 0 Å². The van der Waals surface area contributed by atoms with Crippen LogP contribution < -0.4 is 5.32 Å². The van der Waals surface area contributed by atoms with Crippen LogP contribution in [0.1, 0.15) is 48.0 Å². The van der Waals surface area contributed by atoms with Gasteiger partial charge in [0.05, 0.1) is 19.8 Å². The van der Waals surface area contributed by atoms with Crippen molar-refractivity contribution in [3.8, 4) is 0 Å². The Morgan fingerprint density at radius 3 is 2.45 bits per heavy atom. The van der Waals surface area contributed by atoms with Crippen LogP contribution in [-0.2, 0) is 22.3 Å². The van der Waals surface area contributed by atoms with Gasteiger partial charge in [-0.15, -0.1) is 11.3 Å². The molecule has 0 saturated carbocycles. The molecule has 0 unspecified atom stereocenters. The Labute approximate surface area is 135 Å². The molecule has 1 amide bonds. The highest BCUT2D eigenvalue weighted by molar-refractivity contribution is 7.17. The molecule has 0 aliphatic heterocycles. The van der Waals surface area contributed by atoms with Gasteiger partial charge in [0.1, 0.15) is 5.00 Å². The van der Waals surface area contributed by atoms with E-state index in [1.54, 1.807) is 0 Å². The van der Waals surface area contributed by atoms with E-state index in [4.69, 9.17) is 4.74 Å². The van der Waals surface area contributed by atoms with E-state index in [9.17, 15) is 9.59 Å². The summed E-state index contributed by atoms with van der Waals surface area (Å²) in [5, 5.41) is 3.17. The first-order chi connectivity index (χ1) is 10.3. The van der Waals surface area contributed by atoms with Crippen LogP contribution in [-0.4, -0.2) is 26.3 Å². The van der Waals surface area contributed by atoms with Gasteiger partial charge in [-0.2, -0.15) is 0 Å². The van der Waals surface area contributed by atoms with Gasteiger partial charge in [0.2, 0.25) is 0 Å². The second-order valence-corrected chi connectivity index (χ2v) is 7.73. The second-order valence-electron chi connectivity index (χ2n) is 6.62.